The number of carbonyl (C=O) groups excluding carboxylic acids is 2. The lowest BCUT2D eigenvalue weighted by atomic mass is 9.73. The van der Waals surface area contributed by atoms with Gasteiger partial charge in [-0.15, -0.1) is 0 Å². The maximum absolute atomic E-state index is 12.6. The Bertz CT molecular complexity index is 700. The van der Waals surface area contributed by atoms with Crippen molar-refractivity contribution < 1.29 is 19.5 Å². The summed E-state index contributed by atoms with van der Waals surface area (Å²) >= 11 is 0. The van der Waals surface area contributed by atoms with Gasteiger partial charge in [0.15, 0.2) is 0 Å². The molecular weight excluding hydrogens is 308 g/mol. The molecule has 3 N–H and O–H groups in total. The number of carboxylic acids is 1. The summed E-state index contributed by atoms with van der Waals surface area (Å²) < 4.78 is 0. The van der Waals surface area contributed by atoms with Gasteiger partial charge in [-0.2, -0.15) is 0 Å². The second kappa shape index (κ2) is 6.26. The second-order valence-electron chi connectivity index (χ2n) is 6.93. The Morgan fingerprint density at radius 2 is 2.08 bits per heavy atom. The number of rotatable bonds is 3. The standard InChI is InChI=1S/C18H22N2O4/c1-18(9-3-2-4-13(18)17(23)24)20-16(22)12-5-7-14-11(10-12)6-8-15(21)19-14/h5,7,10,13H,2-4,6,8-9H2,1H3,(H,19,21)(H,20,22)(H,23,24). The van der Waals surface area contributed by atoms with Crippen LogP contribution in [0.5, 0.6) is 0 Å². The van der Waals surface area contributed by atoms with Crippen molar-refractivity contribution in [2.45, 2.75) is 51.0 Å². The molecule has 1 aliphatic heterocycles. The summed E-state index contributed by atoms with van der Waals surface area (Å²) in [6, 6.07) is 5.19. The number of benzene rings is 1. The predicted octanol–water partition coefficient (Wildman–Crippen LogP) is 2.33. The monoisotopic (exact) mass is 330 g/mol. The Balaban J connectivity index is 1.79. The summed E-state index contributed by atoms with van der Waals surface area (Å²) in [6.45, 7) is 1.82. The maximum Gasteiger partial charge on any atom is 0.308 e. The molecule has 1 saturated carbocycles. The number of nitrogens with one attached hydrogen (secondary N) is 2. The second-order valence-corrected chi connectivity index (χ2v) is 6.93. The van der Waals surface area contributed by atoms with Crippen LogP contribution in [0.1, 0.15) is 54.9 Å². The minimum absolute atomic E-state index is 0.0151. The summed E-state index contributed by atoms with van der Waals surface area (Å²) in [4.78, 5) is 35.6. The van der Waals surface area contributed by atoms with Crippen molar-refractivity contribution in [3.63, 3.8) is 0 Å². The van der Waals surface area contributed by atoms with Gasteiger partial charge in [0.25, 0.3) is 5.91 Å². The zero-order chi connectivity index (χ0) is 17.3. The molecule has 0 saturated heterocycles. The van der Waals surface area contributed by atoms with E-state index in [1.165, 1.54) is 0 Å². The van der Waals surface area contributed by atoms with Crippen molar-refractivity contribution in [3.8, 4) is 0 Å². The molecule has 2 aliphatic rings. The van der Waals surface area contributed by atoms with E-state index >= 15 is 0 Å². The van der Waals surface area contributed by atoms with Gasteiger partial charge in [-0.3, -0.25) is 14.4 Å². The summed E-state index contributed by atoms with van der Waals surface area (Å²) in [5.41, 5.74) is 1.45. The predicted molar refractivity (Wildman–Crippen MR) is 88.9 cm³/mol. The van der Waals surface area contributed by atoms with Crippen molar-refractivity contribution in [1.29, 1.82) is 0 Å². The average Bonchev–Trinajstić information content (AvgIpc) is 2.54. The van der Waals surface area contributed by atoms with Gasteiger partial charge in [0.05, 0.1) is 11.5 Å². The zero-order valence-corrected chi connectivity index (χ0v) is 13.7. The number of hydrogen-bond acceptors (Lipinski definition) is 3. The molecule has 6 nitrogen and oxygen atoms in total. The number of amides is 2. The van der Waals surface area contributed by atoms with Crippen LogP contribution in [0.3, 0.4) is 0 Å². The smallest absolute Gasteiger partial charge is 0.308 e. The molecule has 0 spiro atoms. The van der Waals surface area contributed by atoms with Gasteiger partial charge < -0.3 is 15.7 Å². The van der Waals surface area contributed by atoms with E-state index in [1.54, 1.807) is 18.2 Å². The Hall–Kier alpha value is -2.37. The summed E-state index contributed by atoms with van der Waals surface area (Å²) in [5, 5.41) is 15.2. The molecule has 1 aromatic carbocycles. The van der Waals surface area contributed by atoms with Gasteiger partial charge in [0, 0.05) is 17.7 Å². The van der Waals surface area contributed by atoms with E-state index in [-0.39, 0.29) is 11.8 Å². The third-order valence-corrected chi connectivity index (χ3v) is 5.17. The van der Waals surface area contributed by atoms with E-state index in [4.69, 9.17) is 0 Å². The summed E-state index contributed by atoms with van der Waals surface area (Å²) in [6.07, 6.45) is 4.06. The fourth-order valence-electron chi connectivity index (χ4n) is 3.74. The number of aryl methyl sites for hydroxylation is 1. The van der Waals surface area contributed by atoms with Crippen LogP contribution in [-0.4, -0.2) is 28.4 Å². The molecule has 1 aliphatic carbocycles. The molecule has 2 unspecified atom stereocenters. The van der Waals surface area contributed by atoms with Crippen molar-refractivity contribution in [2.24, 2.45) is 5.92 Å². The van der Waals surface area contributed by atoms with Crippen molar-refractivity contribution in [1.82, 2.24) is 5.32 Å². The third kappa shape index (κ3) is 3.13. The first kappa shape index (κ1) is 16.5. The van der Waals surface area contributed by atoms with Crippen LogP contribution >= 0.6 is 0 Å². The Labute approximate surface area is 140 Å². The van der Waals surface area contributed by atoms with E-state index in [1.807, 2.05) is 6.92 Å². The van der Waals surface area contributed by atoms with Crippen LogP contribution in [-0.2, 0) is 16.0 Å². The van der Waals surface area contributed by atoms with E-state index in [0.717, 1.165) is 24.1 Å². The van der Waals surface area contributed by atoms with Crippen molar-refractivity contribution in [2.75, 3.05) is 5.32 Å². The number of carbonyl (C=O) groups is 3. The normalized spacial score (nSPS) is 26.2. The first-order chi connectivity index (χ1) is 11.4. The fourth-order valence-corrected chi connectivity index (χ4v) is 3.74. The molecule has 0 radical (unpaired) electrons. The number of fused-ring (bicyclic) bond motifs is 1. The average molecular weight is 330 g/mol. The van der Waals surface area contributed by atoms with Gasteiger partial charge in [-0.25, -0.2) is 0 Å². The molecule has 0 bridgehead atoms. The van der Waals surface area contributed by atoms with Crippen LogP contribution in [0, 0.1) is 5.92 Å². The Morgan fingerprint density at radius 3 is 2.83 bits per heavy atom. The largest absolute Gasteiger partial charge is 0.481 e. The Kier molecular flexibility index (Phi) is 4.30. The minimum atomic E-state index is -0.856. The molecule has 3 rings (SSSR count). The molecule has 0 aromatic heterocycles. The van der Waals surface area contributed by atoms with Crippen LogP contribution < -0.4 is 10.6 Å². The van der Waals surface area contributed by atoms with Crippen LogP contribution in [0.15, 0.2) is 18.2 Å². The van der Waals surface area contributed by atoms with Crippen molar-refractivity contribution in [3.05, 3.63) is 29.3 Å². The fraction of sp³-hybridized carbons (Fsp3) is 0.500. The SMILES string of the molecule is CC1(NC(=O)c2ccc3c(c2)CCC(=O)N3)CCCCC1C(=O)O. The summed E-state index contributed by atoms with van der Waals surface area (Å²) in [7, 11) is 0. The highest BCUT2D eigenvalue weighted by molar-refractivity contribution is 5.98. The van der Waals surface area contributed by atoms with Gasteiger partial charge in [-0.1, -0.05) is 12.8 Å². The first-order valence-electron chi connectivity index (χ1n) is 8.37. The molecule has 128 valence electrons. The number of carboxylic acid groups (broad SMARTS) is 1. The third-order valence-electron chi connectivity index (χ3n) is 5.17. The highest BCUT2D eigenvalue weighted by Crippen LogP contribution is 2.34. The van der Waals surface area contributed by atoms with E-state index < -0.39 is 17.4 Å². The van der Waals surface area contributed by atoms with Crippen LogP contribution in [0.2, 0.25) is 0 Å². The van der Waals surface area contributed by atoms with E-state index in [2.05, 4.69) is 10.6 Å². The lowest BCUT2D eigenvalue weighted by Gasteiger charge is -2.39. The maximum atomic E-state index is 12.6. The quantitative estimate of drug-likeness (QED) is 0.792. The van der Waals surface area contributed by atoms with Crippen molar-refractivity contribution >= 4 is 23.5 Å². The molecule has 6 heteroatoms. The lowest BCUT2D eigenvalue weighted by Crippen LogP contribution is -2.55. The molecule has 2 amide bonds. The molecule has 1 fully saturated rings. The van der Waals surface area contributed by atoms with Gasteiger partial charge in [0.1, 0.15) is 0 Å². The molecule has 2 atom stereocenters. The number of hydrogen-bond donors (Lipinski definition) is 3. The van der Waals surface area contributed by atoms with Crippen LogP contribution in [0.25, 0.3) is 0 Å². The summed E-state index contributed by atoms with van der Waals surface area (Å²) in [5.74, 6) is -1.69. The molecule has 1 aromatic rings. The Morgan fingerprint density at radius 1 is 1.29 bits per heavy atom. The highest BCUT2D eigenvalue weighted by atomic mass is 16.4. The number of anilines is 1. The number of aliphatic carboxylic acids is 1. The van der Waals surface area contributed by atoms with Gasteiger partial charge in [-0.05, 0) is 49.9 Å². The first-order valence-corrected chi connectivity index (χ1v) is 8.37. The van der Waals surface area contributed by atoms with E-state index in [0.29, 0.717) is 31.2 Å². The highest BCUT2D eigenvalue weighted by Gasteiger charge is 2.42. The molecule has 24 heavy (non-hydrogen) atoms. The van der Waals surface area contributed by atoms with Crippen LogP contribution in [0.4, 0.5) is 5.69 Å². The molecule has 1 heterocycles. The minimum Gasteiger partial charge on any atom is -0.481 e. The lowest BCUT2D eigenvalue weighted by molar-refractivity contribution is -0.145. The van der Waals surface area contributed by atoms with Gasteiger partial charge >= 0.3 is 5.97 Å². The topological polar surface area (TPSA) is 95.5 Å². The zero-order valence-electron chi connectivity index (χ0n) is 13.7. The van der Waals surface area contributed by atoms with Gasteiger partial charge in [0.2, 0.25) is 5.91 Å². The van der Waals surface area contributed by atoms with E-state index in [9.17, 15) is 19.5 Å². The molecular formula is C18H22N2O4.